The maximum Gasteiger partial charge on any atom is 0.307 e. The standard InChI is InChI=1S/C25H22N2O4S/c1-18-22(16-24(28)29)25(19-10-4-2-5-11-19)27(26-18)17-20-12-8-9-15-23(20)32(30,31)21-13-6-3-7-14-21/h2-15H,16-17H2,1H3,(H,28,29). The van der Waals surface area contributed by atoms with Crippen molar-refractivity contribution in [3.05, 3.63) is 102 Å². The summed E-state index contributed by atoms with van der Waals surface area (Å²) in [5, 5.41) is 14.0. The lowest BCUT2D eigenvalue weighted by molar-refractivity contribution is -0.136. The normalized spacial score (nSPS) is 11.4. The van der Waals surface area contributed by atoms with E-state index in [4.69, 9.17) is 0 Å². The van der Waals surface area contributed by atoms with Gasteiger partial charge >= 0.3 is 5.97 Å². The number of carboxylic acids is 1. The zero-order valence-corrected chi connectivity index (χ0v) is 18.3. The highest BCUT2D eigenvalue weighted by molar-refractivity contribution is 7.91. The third-order valence-electron chi connectivity index (χ3n) is 5.26. The monoisotopic (exact) mass is 446 g/mol. The number of sulfone groups is 1. The fraction of sp³-hybridized carbons (Fsp3) is 0.120. The van der Waals surface area contributed by atoms with Crippen molar-refractivity contribution < 1.29 is 18.3 Å². The summed E-state index contributed by atoms with van der Waals surface area (Å²) in [6, 6.07) is 24.6. The Bertz CT molecular complexity index is 1360. The van der Waals surface area contributed by atoms with Crippen LogP contribution in [0.2, 0.25) is 0 Å². The van der Waals surface area contributed by atoms with Gasteiger partial charge in [0.15, 0.2) is 0 Å². The van der Waals surface area contributed by atoms with Crippen molar-refractivity contribution in [3.8, 4) is 11.3 Å². The van der Waals surface area contributed by atoms with Crippen molar-refractivity contribution in [3.63, 3.8) is 0 Å². The molecule has 1 aromatic heterocycles. The maximum absolute atomic E-state index is 13.3. The van der Waals surface area contributed by atoms with Gasteiger partial charge in [0.1, 0.15) is 0 Å². The molecule has 0 aliphatic heterocycles. The van der Waals surface area contributed by atoms with E-state index >= 15 is 0 Å². The molecule has 0 saturated carbocycles. The lowest BCUT2D eigenvalue weighted by atomic mass is 10.0. The van der Waals surface area contributed by atoms with Crippen molar-refractivity contribution in [2.75, 3.05) is 0 Å². The molecule has 1 N–H and O–H groups in total. The Labute approximate surface area is 186 Å². The molecule has 1 heterocycles. The number of carbonyl (C=O) groups is 1. The number of aromatic nitrogens is 2. The van der Waals surface area contributed by atoms with Gasteiger partial charge in [0.2, 0.25) is 9.84 Å². The summed E-state index contributed by atoms with van der Waals surface area (Å²) >= 11 is 0. The van der Waals surface area contributed by atoms with Crippen LogP contribution in [-0.2, 0) is 27.6 Å². The highest BCUT2D eigenvalue weighted by atomic mass is 32.2. The van der Waals surface area contributed by atoms with Crippen LogP contribution >= 0.6 is 0 Å². The molecule has 4 rings (SSSR count). The van der Waals surface area contributed by atoms with Gasteiger partial charge in [-0.2, -0.15) is 5.10 Å². The van der Waals surface area contributed by atoms with E-state index in [9.17, 15) is 18.3 Å². The number of benzene rings is 3. The predicted molar refractivity (Wildman–Crippen MR) is 121 cm³/mol. The molecule has 0 amide bonds. The summed E-state index contributed by atoms with van der Waals surface area (Å²) in [4.78, 5) is 11.9. The Morgan fingerprint density at radius 3 is 2.16 bits per heavy atom. The highest BCUT2D eigenvalue weighted by Crippen LogP contribution is 2.30. The molecule has 0 spiro atoms. The first-order valence-corrected chi connectivity index (χ1v) is 11.6. The summed E-state index contributed by atoms with van der Waals surface area (Å²) in [6.07, 6.45) is -0.167. The molecule has 7 heteroatoms. The van der Waals surface area contributed by atoms with E-state index in [0.717, 1.165) is 5.56 Å². The average molecular weight is 447 g/mol. The van der Waals surface area contributed by atoms with Crippen molar-refractivity contribution in [2.24, 2.45) is 0 Å². The molecule has 6 nitrogen and oxygen atoms in total. The highest BCUT2D eigenvalue weighted by Gasteiger charge is 2.24. The van der Waals surface area contributed by atoms with Gasteiger partial charge in [-0.25, -0.2) is 8.42 Å². The SMILES string of the molecule is Cc1nn(Cc2ccccc2S(=O)(=O)c2ccccc2)c(-c2ccccc2)c1CC(=O)O. The van der Waals surface area contributed by atoms with Crippen LogP contribution in [-0.4, -0.2) is 29.3 Å². The van der Waals surface area contributed by atoms with Gasteiger partial charge in [0, 0.05) is 11.1 Å². The molecular weight excluding hydrogens is 424 g/mol. The fourth-order valence-corrected chi connectivity index (χ4v) is 5.30. The van der Waals surface area contributed by atoms with E-state index in [1.807, 2.05) is 30.3 Å². The lowest BCUT2D eigenvalue weighted by Crippen LogP contribution is -2.11. The summed E-state index contributed by atoms with van der Waals surface area (Å²) in [5.74, 6) is -0.947. The minimum atomic E-state index is -3.72. The number of aliphatic carboxylic acids is 1. The third-order valence-corrected chi connectivity index (χ3v) is 7.13. The van der Waals surface area contributed by atoms with Crippen molar-refractivity contribution in [1.82, 2.24) is 9.78 Å². The first-order chi connectivity index (χ1) is 15.4. The molecule has 0 saturated heterocycles. The fourth-order valence-electron chi connectivity index (χ4n) is 3.80. The van der Waals surface area contributed by atoms with Gasteiger partial charge in [-0.05, 0) is 30.7 Å². The first-order valence-electron chi connectivity index (χ1n) is 10.1. The molecule has 4 aromatic rings. The minimum Gasteiger partial charge on any atom is -0.481 e. The van der Waals surface area contributed by atoms with Gasteiger partial charge in [-0.1, -0.05) is 66.7 Å². The first kappa shape index (κ1) is 21.5. The van der Waals surface area contributed by atoms with Gasteiger partial charge in [0.25, 0.3) is 0 Å². The van der Waals surface area contributed by atoms with Gasteiger partial charge < -0.3 is 5.11 Å². The summed E-state index contributed by atoms with van der Waals surface area (Å²) in [7, 11) is -3.72. The molecule has 0 bridgehead atoms. The van der Waals surface area contributed by atoms with Gasteiger partial charge in [0.05, 0.1) is 34.1 Å². The third kappa shape index (κ3) is 4.20. The molecule has 0 fully saturated rings. The number of nitrogens with zero attached hydrogens (tertiary/aromatic N) is 2. The van der Waals surface area contributed by atoms with Crippen LogP contribution in [0.15, 0.2) is 94.7 Å². The molecule has 0 radical (unpaired) electrons. The van der Waals surface area contributed by atoms with E-state index in [0.29, 0.717) is 22.5 Å². The quantitative estimate of drug-likeness (QED) is 0.455. The zero-order valence-electron chi connectivity index (χ0n) is 17.5. The largest absolute Gasteiger partial charge is 0.481 e. The number of aryl methyl sites for hydroxylation is 1. The molecule has 162 valence electrons. The number of carboxylic acid groups (broad SMARTS) is 1. The maximum atomic E-state index is 13.3. The van der Waals surface area contributed by atoms with Crippen LogP contribution in [0.3, 0.4) is 0 Å². The number of hydrogen-bond acceptors (Lipinski definition) is 4. The second kappa shape index (κ2) is 8.80. The summed E-state index contributed by atoms with van der Waals surface area (Å²) < 4.78 is 28.3. The van der Waals surface area contributed by atoms with Crippen LogP contribution in [0.4, 0.5) is 0 Å². The van der Waals surface area contributed by atoms with Crippen molar-refractivity contribution in [2.45, 2.75) is 29.7 Å². The smallest absolute Gasteiger partial charge is 0.307 e. The Morgan fingerprint density at radius 1 is 0.906 bits per heavy atom. The predicted octanol–water partition coefficient (Wildman–Crippen LogP) is 4.37. The molecular formula is C25H22N2O4S. The molecule has 0 aliphatic rings. The Balaban J connectivity index is 1.84. The van der Waals surface area contributed by atoms with Crippen LogP contribution in [0.25, 0.3) is 11.3 Å². The second-order valence-corrected chi connectivity index (χ2v) is 9.35. The van der Waals surface area contributed by atoms with Crippen molar-refractivity contribution in [1.29, 1.82) is 0 Å². The van der Waals surface area contributed by atoms with Gasteiger partial charge in [-0.3, -0.25) is 9.48 Å². The Morgan fingerprint density at radius 2 is 1.50 bits per heavy atom. The molecule has 32 heavy (non-hydrogen) atoms. The number of rotatable bonds is 7. The summed E-state index contributed by atoms with van der Waals surface area (Å²) in [5.41, 5.74) is 3.31. The molecule has 0 atom stereocenters. The lowest BCUT2D eigenvalue weighted by Gasteiger charge is -2.14. The minimum absolute atomic E-state index is 0.167. The zero-order chi connectivity index (χ0) is 22.7. The Kier molecular flexibility index (Phi) is 5.92. The van der Waals surface area contributed by atoms with Gasteiger partial charge in [-0.15, -0.1) is 0 Å². The van der Waals surface area contributed by atoms with Crippen LogP contribution < -0.4 is 0 Å². The average Bonchev–Trinajstić information content (AvgIpc) is 3.09. The molecule has 0 aliphatic carbocycles. The second-order valence-electron chi connectivity index (χ2n) is 7.43. The topological polar surface area (TPSA) is 89.3 Å². The van der Waals surface area contributed by atoms with E-state index in [-0.39, 0.29) is 22.8 Å². The van der Waals surface area contributed by atoms with E-state index in [1.54, 1.807) is 66.2 Å². The Hall–Kier alpha value is -3.71. The molecule has 3 aromatic carbocycles. The van der Waals surface area contributed by atoms with Crippen LogP contribution in [0.5, 0.6) is 0 Å². The van der Waals surface area contributed by atoms with Crippen LogP contribution in [0, 0.1) is 6.92 Å². The van der Waals surface area contributed by atoms with E-state index in [2.05, 4.69) is 5.10 Å². The number of hydrogen-bond donors (Lipinski definition) is 1. The van der Waals surface area contributed by atoms with E-state index in [1.165, 1.54) is 0 Å². The van der Waals surface area contributed by atoms with Crippen LogP contribution in [0.1, 0.15) is 16.8 Å². The summed E-state index contributed by atoms with van der Waals surface area (Å²) in [6.45, 7) is 1.96. The van der Waals surface area contributed by atoms with E-state index < -0.39 is 15.8 Å². The molecule has 0 unspecified atom stereocenters. The van der Waals surface area contributed by atoms with Crippen molar-refractivity contribution >= 4 is 15.8 Å².